The van der Waals surface area contributed by atoms with Crippen LogP contribution in [-0.2, 0) is 9.53 Å². The summed E-state index contributed by atoms with van der Waals surface area (Å²) in [6.45, 7) is -0.298. The number of nitrogens with zero attached hydrogens (tertiary/aromatic N) is 3. The van der Waals surface area contributed by atoms with Crippen molar-refractivity contribution in [2.24, 2.45) is 0 Å². The highest BCUT2D eigenvalue weighted by molar-refractivity contribution is 6.30. The highest BCUT2D eigenvalue weighted by Crippen LogP contribution is 2.15. The zero-order valence-corrected chi connectivity index (χ0v) is 13.9. The van der Waals surface area contributed by atoms with Crippen LogP contribution in [-0.4, -0.2) is 40.8 Å². The van der Waals surface area contributed by atoms with Crippen LogP contribution in [0.4, 0.5) is 5.69 Å². The van der Waals surface area contributed by atoms with Gasteiger partial charge in [0, 0.05) is 10.7 Å². The molecule has 1 amide bonds. The van der Waals surface area contributed by atoms with Gasteiger partial charge in [-0.2, -0.15) is 0 Å². The Kier molecular flexibility index (Phi) is 4.80. The minimum atomic E-state index is -0.492. The number of amides is 1. The van der Waals surface area contributed by atoms with Gasteiger partial charge in [0.1, 0.15) is 11.0 Å². The fourth-order valence-corrected chi connectivity index (χ4v) is 2.31. The van der Waals surface area contributed by atoms with E-state index in [1.165, 1.54) is 13.2 Å². The van der Waals surface area contributed by atoms with Crippen molar-refractivity contribution in [3.8, 4) is 0 Å². The Balaban J connectivity index is 1.70. The Morgan fingerprint density at radius 1 is 1.24 bits per heavy atom. The third kappa shape index (κ3) is 3.86. The average molecular weight is 361 g/mol. The van der Waals surface area contributed by atoms with Crippen molar-refractivity contribution in [1.82, 2.24) is 15.2 Å². The van der Waals surface area contributed by atoms with Gasteiger partial charge in [-0.05, 0) is 41.6 Å². The second kappa shape index (κ2) is 7.18. The zero-order valence-electron chi connectivity index (χ0n) is 13.1. The normalized spacial score (nSPS) is 10.5. The Labute approximate surface area is 147 Å². The molecule has 1 N–H and O–H groups in total. The van der Waals surface area contributed by atoms with Crippen LogP contribution in [0.1, 0.15) is 10.4 Å². The highest BCUT2D eigenvalue weighted by atomic mass is 35.5. The van der Waals surface area contributed by atoms with Gasteiger partial charge in [-0.15, -0.1) is 5.10 Å². The number of fused-ring (bicyclic) bond motifs is 1. The first-order valence-electron chi connectivity index (χ1n) is 7.19. The predicted octanol–water partition coefficient (Wildman–Crippen LogP) is 1.94. The fraction of sp³-hybridized carbons (Fsp3) is 0.125. The second-order valence-corrected chi connectivity index (χ2v) is 5.43. The molecule has 3 rings (SSSR count). The van der Waals surface area contributed by atoms with E-state index in [0.29, 0.717) is 27.3 Å². The van der Waals surface area contributed by atoms with E-state index in [1.807, 2.05) is 0 Å². The topological polar surface area (TPSA) is 95.3 Å². The van der Waals surface area contributed by atoms with Crippen molar-refractivity contribution in [3.63, 3.8) is 0 Å². The van der Waals surface area contributed by atoms with E-state index < -0.39 is 11.9 Å². The number of aromatic nitrogens is 3. The number of hydrogen-bond acceptors (Lipinski definition) is 6. The molecule has 25 heavy (non-hydrogen) atoms. The van der Waals surface area contributed by atoms with Crippen molar-refractivity contribution >= 4 is 40.2 Å². The van der Waals surface area contributed by atoms with Crippen molar-refractivity contribution in [1.29, 1.82) is 0 Å². The summed E-state index contributed by atoms with van der Waals surface area (Å²) in [6.07, 6.45) is 0. The molecule has 0 aliphatic rings. The molecule has 3 aromatic rings. The fourth-order valence-electron chi connectivity index (χ4n) is 2.12. The van der Waals surface area contributed by atoms with E-state index in [4.69, 9.17) is 16.4 Å². The molecule has 0 spiro atoms. The minimum Gasteiger partial charge on any atom is -0.465 e. The third-order valence-electron chi connectivity index (χ3n) is 3.26. The molecule has 0 unspecified atom stereocenters. The van der Waals surface area contributed by atoms with Crippen LogP contribution in [0.5, 0.6) is 0 Å². The first-order chi connectivity index (χ1) is 12.1. The van der Waals surface area contributed by atoms with Crippen LogP contribution in [0, 0.1) is 0 Å². The van der Waals surface area contributed by atoms with Gasteiger partial charge < -0.3 is 14.9 Å². The van der Waals surface area contributed by atoms with Crippen molar-refractivity contribution in [2.45, 2.75) is 0 Å². The number of halogens is 1. The van der Waals surface area contributed by atoms with E-state index >= 15 is 0 Å². The number of ether oxygens (including phenoxy) is 1. The molecule has 0 saturated carbocycles. The number of hydrogen-bond donors (Lipinski definition) is 1. The van der Waals surface area contributed by atoms with Gasteiger partial charge in [-0.25, -0.2) is 4.79 Å². The van der Waals surface area contributed by atoms with E-state index in [0.717, 1.165) is 4.85 Å². The number of carbonyl (C=O) groups is 2. The minimum absolute atomic E-state index is 0.298. The lowest BCUT2D eigenvalue weighted by molar-refractivity contribution is -0.121. The first-order valence-corrected chi connectivity index (χ1v) is 7.57. The van der Waals surface area contributed by atoms with E-state index in [1.54, 1.807) is 36.4 Å². The number of benzene rings is 2. The number of rotatable bonds is 5. The summed E-state index contributed by atoms with van der Waals surface area (Å²) < 4.78 is 4.67. The lowest BCUT2D eigenvalue weighted by Gasteiger charge is -2.07. The highest BCUT2D eigenvalue weighted by Gasteiger charge is 2.12. The molecule has 0 fully saturated rings. The summed E-state index contributed by atoms with van der Waals surface area (Å²) in [6, 6.07) is 11.5. The van der Waals surface area contributed by atoms with Crippen LogP contribution in [0.25, 0.3) is 11.0 Å². The molecule has 0 aliphatic carbocycles. The Bertz CT molecular complexity index is 941. The summed E-state index contributed by atoms with van der Waals surface area (Å²) in [5.41, 5.74) is 1.84. The van der Waals surface area contributed by atoms with E-state index in [2.05, 4.69) is 20.4 Å². The van der Waals surface area contributed by atoms with Gasteiger partial charge in [-0.3, -0.25) is 4.79 Å². The van der Waals surface area contributed by atoms with Gasteiger partial charge in [0.15, 0.2) is 6.61 Å². The first kappa shape index (κ1) is 16.7. The quantitative estimate of drug-likeness (QED) is 0.699. The maximum atomic E-state index is 12.0. The predicted molar refractivity (Wildman–Crippen MR) is 90.4 cm³/mol. The number of nitrogens with one attached hydrogen (secondary N) is 1. The van der Waals surface area contributed by atoms with Gasteiger partial charge in [0.05, 0.1) is 12.7 Å². The van der Waals surface area contributed by atoms with Gasteiger partial charge in [-0.1, -0.05) is 22.5 Å². The maximum absolute atomic E-state index is 12.0. The molecule has 0 radical (unpaired) electrons. The molecule has 8 nitrogen and oxygen atoms in total. The largest absolute Gasteiger partial charge is 0.465 e. The summed E-state index contributed by atoms with van der Waals surface area (Å²) in [7, 11) is 1.29. The van der Waals surface area contributed by atoms with Crippen LogP contribution in [0.2, 0.25) is 5.02 Å². The van der Waals surface area contributed by atoms with Crippen molar-refractivity contribution in [3.05, 3.63) is 53.1 Å². The summed E-state index contributed by atoms with van der Waals surface area (Å²) in [5, 5.41) is 10.9. The average Bonchev–Trinajstić information content (AvgIpc) is 3.01. The Morgan fingerprint density at radius 3 is 2.84 bits per heavy atom. The molecule has 0 bridgehead atoms. The zero-order chi connectivity index (χ0) is 17.8. The van der Waals surface area contributed by atoms with Gasteiger partial charge in [0.25, 0.3) is 5.91 Å². The molecule has 1 heterocycles. The van der Waals surface area contributed by atoms with Crippen LogP contribution >= 0.6 is 11.6 Å². The molecule has 2 aromatic carbocycles. The lowest BCUT2D eigenvalue weighted by Crippen LogP contribution is -2.26. The van der Waals surface area contributed by atoms with Gasteiger partial charge >= 0.3 is 5.97 Å². The lowest BCUT2D eigenvalue weighted by atomic mass is 10.2. The molecule has 0 saturated heterocycles. The number of methoxy groups -OCH3 is 1. The Morgan fingerprint density at radius 2 is 2.08 bits per heavy atom. The van der Waals surface area contributed by atoms with Gasteiger partial charge in [0.2, 0.25) is 0 Å². The molecule has 0 atom stereocenters. The molecule has 9 heteroatoms. The van der Waals surface area contributed by atoms with Crippen molar-refractivity contribution in [2.75, 3.05) is 19.0 Å². The van der Waals surface area contributed by atoms with E-state index in [9.17, 15) is 9.59 Å². The number of anilines is 1. The van der Waals surface area contributed by atoms with Crippen LogP contribution in [0.15, 0.2) is 42.5 Å². The summed E-state index contributed by atoms with van der Waals surface area (Å²) >= 11 is 5.86. The molecular weight excluding hydrogens is 348 g/mol. The molecule has 1 aromatic heterocycles. The smallest absolute Gasteiger partial charge is 0.337 e. The van der Waals surface area contributed by atoms with Crippen LogP contribution in [0.3, 0.4) is 0 Å². The number of carbonyl (C=O) groups excluding carboxylic acids is 2. The summed E-state index contributed by atoms with van der Waals surface area (Å²) in [4.78, 5) is 30.0. The Hall–Kier alpha value is -3.13. The van der Waals surface area contributed by atoms with Crippen molar-refractivity contribution < 1.29 is 19.2 Å². The van der Waals surface area contributed by atoms with E-state index in [-0.39, 0.29) is 6.61 Å². The molecular formula is C16H13ClN4O4. The monoisotopic (exact) mass is 360 g/mol. The number of esters is 1. The van der Waals surface area contributed by atoms with Crippen LogP contribution < -0.4 is 10.2 Å². The molecule has 128 valence electrons. The summed E-state index contributed by atoms with van der Waals surface area (Å²) in [5.74, 6) is -0.886. The molecule has 0 aliphatic heterocycles. The third-order valence-corrected chi connectivity index (χ3v) is 3.50. The SMILES string of the molecule is COC(=O)c1ccc2nnn(OCC(=O)Nc3cccc(Cl)c3)c2c1. The maximum Gasteiger partial charge on any atom is 0.337 e. The second-order valence-electron chi connectivity index (χ2n) is 4.99. The standard InChI is InChI=1S/C16H13ClN4O4/c1-24-16(23)10-5-6-13-14(7-10)21(20-19-13)25-9-15(22)18-12-4-2-3-11(17)8-12/h2-8H,9H2,1H3,(H,18,22).